The van der Waals surface area contributed by atoms with Crippen LogP contribution in [0, 0.1) is 0 Å². The lowest BCUT2D eigenvalue weighted by Crippen LogP contribution is -2.35. The molecular formula is C14H21NOSi. The molecular weight excluding hydrogens is 226 g/mol. The van der Waals surface area contributed by atoms with E-state index in [0.717, 1.165) is 0 Å². The molecule has 0 aliphatic rings. The lowest BCUT2D eigenvalue weighted by atomic mass is 10.2. The van der Waals surface area contributed by atoms with E-state index < -0.39 is 8.80 Å². The minimum absolute atomic E-state index is 0.673. The van der Waals surface area contributed by atoms with Gasteiger partial charge in [0, 0.05) is 17.9 Å². The van der Waals surface area contributed by atoms with Crippen LogP contribution in [0.3, 0.4) is 0 Å². The summed E-state index contributed by atoms with van der Waals surface area (Å²) in [5.41, 5.74) is 1.31. The van der Waals surface area contributed by atoms with Crippen molar-refractivity contribution in [3.63, 3.8) is 0 Å². The summed E-state index contributed by atoms with van der Waals surface area (Å²) in [5, 5.41) is 2.89. The molecule has 0 amide bonds. The Balaban J connectivity index is 2.56. The van der Waals surface area contributed by atoms with Gasteiger partial charge >= 0.3 is 0 Å². The fourth-order valence-corrected chi connectivity index (χ4v) is 5.03. The Hall–Kier alpha value is -1.06. The van der Waals surface area contributed by atoms with Crippen molar-refractivity contribution in [3.05, 3.63) is 30.3 Å². The molecule has 0 aliphatic carbocycles. The highest BCUT2D eigenvalue weighted by Gasteiger charge is 2.16. The van der Waals surface area contributed by atoms with Crippen molar-refractivity contribution in [1.29, 1.82) is 0 Å². The molecule has 2 nitrogen and oxygen atoms in total. The van der Waals surface area contributed by atoms with Gasteiger partial charge in [-0.15, -0.1) is 0 Å². The zero-order valence-corrected chi connectivity index (χ0v) is 12.1. The van der Waals surface area contributed by atoms with Crippen LogP contribution in [-0.2, 0) is 11.5 Å². The number of fused-ring (bicyclic) bond motifs is 1. The van der Waals surface area contributed by atoms with E-state index >= 15 is 0 Å². The number of hydrogen-bond acceptors (Lipinski definition) is 1. The molecule has 0 saturated heterocycles. The Morgan fingerprint density at radius 3 is 2.53 bits per heavy atom. The number of nitrogens with zero attached hydrogens (tertiary/aromatic N) is 1. The first-order valence-electron chi connectivity index (χ1n) is 6.38. The molecule has 92 valence electrons. The van der Waals surface area contributed by atoms with Crippen LogP contribution >= 0.6 is 0 Å². The second-order valence-electron chi connectivity index (χ2n) is 4.49. The number of aromatic nitrogens is 1. The van der Waals surface area contributed by atoms with Gasteiger partial charge in [-0.1, -0.05) is 44.1 Å². The Kier molecular flexibility index (Phi) is 4.02. The Morgan fingerprint density at radius 1 is 1.18 bits per heavy atom. The van der Waals surface area contributed by atoms with Gasteiger partial charge in [-0.3, -0.25) is 0 Å². The summed E-state index contributed by atoms with van der Waals surface area (Å²) < 4.78 is 7.72. The molecule has 2 rings (SSSR count). The van der Waals surface area contributed by atoms with Crippen LogP contribution in [0.2, 0.25) is 12.1 Å². The van der Waals surface area contributed by atoms with Gasteiger partial charge in [0.2, 0.25) is 0 Å². The Labute approximate surface area is 105 Å². The molecule has 0 unspecified atom stereocenters. The first kappa shape index (κ1) is 12.4. The largest absolute Gasteiger partial charge is 0.364 e. The summed E-state index contributed by atoms with van der Waals surface area (Å²) in [6.07, 6.45) is 0. The third-order valence-corrected chi connectivity index (χ3v) is 6.79. The summed E-state index contributed by atoms with van der Waals surface area (Å²) in [5.74, 6) is 0. The zero-order chi connectivity index (χ0) is 12.3. The predicted molar refractivity (Wildman–Crippen MR) is 76.7 cm³/mol. The molecule has 1 aromatic carbocycles. The van der Waals surface area contributed by atoms with Gasteiger partial charge in [0.15, 0.2) is 0 Å². The molecule has 0 saturated carbocycles. The number of rotatable bonds is 5. The molecule has 0 aliphatic heterocycles. The van der Waals surface area contributed by atoms with Crippen molar-refractivity contribution in [3.8, 4) is 0 Å². The number of hydrogen-bond donors (Lipinski definition) is 0. The Morgan fingerprint density at radius 2 is 1.88 bits per heavy atom. The SMILES string of the molecule is CC[SiH](CC)c1cc2ccccc2n1COC. The van der Waals surface area contributed by atoms with E-state index in [2.05, 4.69) is 48.7 Å². The fraction of sp³-hybridized carbons (Fsp3) is 0.429. The van der Waals surface area contributed by atoms with Crippen LogP contribution in [0.15, 0.2) is 30.3 Å². The molecule has 0 radical (unpaired) electrons. The molecule has 2 aromatic rings. The van der Waals surface area contributed by atoms with Crippen LogP contribution in [0.25, 0.3) is 10.9 Å². The molecule has 0 atom stereocenters. The van der Waals surface area contributed by atoms with Crippen molar-refractivity contribution in [2.45, 2.75) is 32.7 Å². The fourth-order valence-electron chi connectivity index (χ4n) is 2.55. The predicted octanol–water partition coefficient (Wildman–Crippen LogP) is 2.72. The van der Waals surface area contributed by atoms with E-state index in [1.54, 1.807) is 7.11 Å². The molecule has 1 aromatic heterocycles. The van der Waals surface area contributed by atoms with E-state index in [1.807, 2.05) is 0 Å². The number of benzene rings is 1. The van der Waals surface area contributed by atoms with Crippen molar-refractivity contribution < 1.29 is 4.74 Å². The molecule has 0 spiro atoms. The highest BCUT2D eigenvalue weighted by molar-refractivity contribution is 6.72. The molecule has 1 heterocycles. The summed E-state index contributed by atoms with van der Waals surface area (Å²) in [7, 11) is 0.957. The molecule has 17 heavy (non-hydrogen) atoms. The lowest BCUT2D eigenvalue weighted by molar-refractivity contribution is 0.137. The third kappa shape index (κ3) is 2.30. The summed E-state index contributed by atoms with van der Waals surface area (Å²) in [6, 6.07) is 13.6. The van der Waals surface area contributed by atoms with Gasteiger partial charge < -0.3 is 9.30 Å². The third-order valence-electron chi connectivity index (χ3n) is 3.50. The maximum Gasteiger partial charge on any atom is 0.122 e. The minimum atomic E-state index is -0.814. The topological polar surface area (TPSA) is 14.2 Å². The van der Waals surface area contributed by atoms with Crippen molar-refractivity contribution in [1.82, 2.24) is 4.57 Å². The average molecular weight is 247 g/mol. The normalized spacial score (nSPS) is 11.5. The molecule has 3 heteroatoms. The average Bonchev–Trinajstić information content (AvgIpc) is 2.71. The van der Waals surface area contributed by atoms with Gasteiger partial charge in [-0.2, -0.15) is 0 Å². The molecule has 0 fully saturated rings. The van der Waals surface area contributed by atoms with E-state index in [-0.39, 0.29) is 0 Å². The van der Waals surface area contributed by atoms with E-state index in [4.69, 9.17) is 4.74 Å². The standard InChI is InChI=1S/C14H21NOSi/c1-4-17(5-2)14-10-12-8-6-7-9-13(12)15(14)11-16-3/h6-10,17H,4-5,11H2,1-3H3. The van der Waals surface area contributed by atoms with E-state index in [1.165, 1.54) is 28.3 Å². The number of para-hydroxylation sites is 1. The highest BCUT2D eigenvalue weighted by Crippen LogP contribution is 2.16. The van der Waals surface area contributed by atoms with Crippen LogP contribution in [0.4, 0.5) is 0 Å². The second kappa shape index (κ2) is 5.51. The van der Waals surface area contributed by atoms with Crippen LogP contribution in [0.1, 0.15) is 13.8 Å². The summed E-state index contributed by atoms with van der Waals surface area (Å²) >= 11 is 0. The van der Waals surface area contributed by atoms with Crippen molar-refractivity contribution in [2.24, 2.45) is 0 Å². The zero-order valence-electron chi connectivity index (χ0n) is 10.9. The van der Waals surface area contributed by atoms with Gasteiger partial charge in [0.1, 0.15) is 6.73 Å². The van der Waals surface area contributed by atoms with Crippen molar-refractivity contribution in [2.75, 3.05) is 7.11 Å². The maximum atomic E-state index is 5.36. The van der Waals surface area contributed by atoms with Crippen molar-refractivity contribution >= 4 is 25.0 Å². The quantitative estimate of drug-likeness (QED) is 0.741. The second-order valence-corrected chi connectivity index (χ2v) is 8.11. The van der Waals surface area contributed by atoms with Gasteiger partial charge in [0.05, 0.1) is 8.80 Å². The van der Waals surface area contributed by atoms with E-state index in [0.29, 0.717) is 6.73 Å². The smallest absolute Gasteiger partial charge is 0.122 e. The summed E-state index contributed by atoms with van der Waals surface area (Å²) in [4.78, 5) is 0. The van der Waals surface area contributed by atoms with Gasteiger partial charge in [0.25, 0.3) is 0 Å². The highest BCUT2D eigenvalue weighted by atomic mass is 28.3. The first-order valence-corrected chi connectivity index (χ1v) is 8.59. The van der Waals surface area contributed by atoms with Crippen LogP contribution in [0.5, 0.6) is 0 Å². The van der Waals surface area contributed by atoms with Crippen LogP contribution < -0.4 is 5.32 Å². The van der Waals surface area contributed by atoms with Gasteiger partial charge in [-0.05, 0) is 17.5 Å². The number of ether oxygens (including phenoxy) is 1. The molecule has 0 N–H and O–H groups in total. The maximum absolute atomic E-state index is 5.36. The molecule has 0 bridgehead atoms. The first-order chi connectivity index (χ1) is 8.31. The minimum Gasteiger partial charge on any atom is -0.364 e. The summed E-state index contributed by atoms with van der Waals surface area (Å²) in [6.45, 7) is 5.30. The lowest BCUT2D eigenvalue weighted by Gasteiger charge is -2.15. The van der Waals surface area contributed by atoms with E-state index in [9.17, 15) is 0 Å². The van der Waals surface area contributed by atoms with Crippen LogP contribution in [-0.4, -0.2) is 20.5 Å². The Bertz CT molecular complexity index is 488. The number of methoxy groups -OCH3 is 1. The monoisotopic (exact) mass is 247 g/mol. The van der Waals surface area contributed by atoms with Gasteiger partial charge in [-0.25, -0.2) is 0 Å².